The number of quaternary nitrogens is 1. The molecule has 0 N–H and O–H groups in total. The van der Waals surface area contributed by atoms with Crippen molar-refractivity contribution in [2.24, 2.45) is 0 Å². The minimum atomic E-state index is -4.54. The molecule has 0 fully saturated rings. The van der Waals surface area contributed by atoms with E-state index in [2.05, 4.69) is 86.8 Å². The second kappa shape index (κ2) is 54.2. The molecule has 0 rings (SSSR count). The molecule has 0 amide bonds. The van der Waals surface area contributed by atoms with E-state index in [9.17, 15) is 14.3 Å². The Kier molecular flexibility index (Phi) is 52.6. The van der Waals surface area contributed by atoms with Gasteiger partial charge in [-0.1, -0.05) is 241 Å². The molecule has 2 atom stereocenters. The molecule has 8 nitrogen and oxygen atoms in total. The van der Waals surface area contributed by atoms with Crippen molar-refractivity contribution in [1.29, 1.82) is 0 Å². The fraction of sp³-hybridized carbons (Fsp3) is 0.790. The first-order chi connectivity index (χ1) is 34.6. The van der Waals surface area contributed by atoms with Gasteiger partial charge < -0.3 is 27.9 Å². The third-order valence-electron chi connectivity index (χ3n) is 12.7. The number of carbonyl (C=O) groups is 1. The lowest BCUT2D eigenvalue weighted by Gasteiger charge is -2.28. The number of hydrogen-bond donors (Lipinski definition) is 0. The molecule has 0 radical (unpaired) electrons. The van der Waals surface area contributed by atoms with Gasteiger partial charge in [0.15, 0.2) is 0 Å². The van der Waals surface area contributed by atoms with Gasteiger partial charge in [0.25, 0.3) is 7.82 Å². The average Bonchev–Trinajstić information content (AvgIpc) is 3.33. The van der Waals surface area contributed by atoms with E-state index in [1.165, 1.54) is 173 Å². The summed E-state index contributed by atoms with van der Waals surface area (Å²) < 4.78 is 34.9. The summed E-state index contributed by atoms with van der Waals surface area (Å²) in [6.07, 6.45) is 72.3. The van der Waals surface area contributed by atoms with Crippen molar-refractivity contribution in [1.82, 2.24) is 0 Å². The number of nitrogens with zero attached hydrogens (tertiary/aromatic N) is 1. The predicted octanol–water partition coefficient (Wildman–Crippen LogP) is 18.3. The van der Waals surface area contributed by atoms with Gasteiger partial charge in [-0.15, -0.1) is 0 Å². The van der Waals surface area contributed by atoms with Gasteiger partial charge in [-0.25, -0.2) is 0 Å². The SMILES string of the molecule is CC/C=C\C/C=C\C/C=C\C/C=C\CCCCCCCCCCCCCCCOCC(COP(=O)([O-])OCC[N+](C)(C)C)OC(=O)CCCCCCCCCCCCC/C=C\C/C=C\CCCCCCC. The Morgan fingerprint density at radius 1 is 0.451 bits per heavy atom. The Hall–Kier alpha value is -2.06. The molecule has 0 heterocycles. The Morgan fingerprint density at radius 2 is 0.817 bits per heavy atom. The van der Waals surface area contributed by atoms with Gasteiger partial charge in [0, 0.05) is 13.0 Å². The van der Waals surface area contributed by atoms with E-state index in [0.717, 1.165) is 64.2 Å². The highest BCUT2D eigenvalue weighted by atomic mass is 31.2. The summed E-state index contributed by atoms with van der Waals surface area (Å²) in [5, 5.41) is 0. The van der Waals surface area contributed by atoms with Crippen LogP contribution in [0, 0.1) is 0 Å². The predicted molar refractivity (Wildman–Crippen MR) is 305 cm³/mol. The van der Waals surface area contributed by atoms with Crippen molar-refractivity contribution in [3.8, 4) is 0 Å². The number of rotatable bonds is 55. The van der Waals surface area contributed by atoms with Crippen LogP contribution >= 0.6 is 7.82 Å². The van der Waals surface area contributed by atoms with Gasteiger partial charge in [-0.2, -0.15) is 0 Å². The van der Waals surface area contributed by atoms with Crippen LogP contribution in [0.15, 0.2) is 72.9 Å². The summed E-state index contributed by atoms with van der Waals surface area (Å²) >= 11 is 0. The number of likely N-dealkylation sites (N-methyl/N-ethyl adjacent to an activating group) is 1. The second-order valence-corrected chi connectivity index (χ2v) is 22.4. The van der Waals surface area contributed by atoms with E-state index in [-0.39, 0.29) is 25.8 Å². The summed E-state index contributed by atoms with van der Waals surface area (Å²) in [4.78, 5) is 25.3. The Balaban J connectivity index is 4.06. The molecule has 0 aromatic rings. The van der Waals surface area contributed by atoms with E-state index in [4.69, 9.17) is 18.5 Å². The molecule has 0 aliphatic heterocycles. The number of allylic oxidation sites excluding steroid dienone is 12. The molecule has 0 aromatic carbocycles. The largest absolute Gasteiger partial charge is 0.756 e. The van der Waals surface area contributed by atoms with Crippen LogP contribution in [0.3, 0.4) is 0 Å². The lowest BCUT2D eigenvalue weighted by molar-refractivity contribution is -0.870. The van der Waals surface area contributed by atoms with Crippen molar-refractivity contribution in [2.45, 2.75) is 264 Å². The van der Waals surface area contributed by atoms with Gasteiger partial charge in [0.05, 0.1) is 34.4 Å². The van der Waals surface area contributed by atoms with Crippen LogP contribution in [0.4, 0.5) is 0 Å². The summed E-state index contributed by atoms with van der Waals surface area (Å²) in [7, 11) is 1.36. The van der Waals surface area contributed by atoms with Crippen molar-refractivity contribution < 1.29 is 37.3 Å². The quantitative estimate of drug-likeness (QED) is 0.0197. The highest BCUT2D eigenvalue weighted by Gasteiger charge is 2.20. The van der Waals surface area contributed by atoms with E-state index in [1.54, 1.807) is 0 Å². The Morgan fingerprint density at radius 3 is 1.23 bits per heavy atom. The molecule has 0 saturated carbocycles. The van der Waals surface area contributed by atoms with Gasteiger partial charge in [0.2, 0.25) is 0 Å². The van der Waals surface area contributed by atoms with E-state index in [0.29, 0.717) is 24.1 Å². The molecule has 2 unspecified atom stereocenters. The zero-order valence-electron chi connectivity index (χ0n) is 47.2. The first-order valence-corrected chi connectivity index (χ1v) is 31.1. The van der Waals surface area contributed by atoms with Gasteiger partial charge >= 0.3 is 5.97 Å². The normalized spacial score (nSPS) is 13.9. The van der Waals surface area contributed by atoms with E-state index in [1.807, 2.05) is 21.1 Å². The highest BCUT2D eigenvalue weighted by molar-refractivity contribution is 7.45. The van der Waals surface area contributed by atoms with Gasteiger partial charge in [0.1, 0.15) is 19.3 Å². The maximum absolute atomic E-state index is 12.8. The van der Waals surface area contributed by atoms with E-state index >= 15 is 0 Å². The fourth-order valence-corrected chi connectivity index (χ4v) is 8.95. The molecule has 0 saturated heterocycles. The maximum atomic E-state index is 12.8. The average molecular weight is 1020 g/mol. The molecular formula is C62H114NO7P. The summed E-state index contributed by atoms with van der Waals surface area (Å²) in [6.45, 7) is 5.31. The van der Waals surface area contributed by atoms with Gasteiger partial charge in [-0.05, 0) is 83.5 Å². The Labute approximate surface area is 440 Å². The zero-order valence-corrected chi connectivity index (χ0v) is 48.1. The van der Waals surface area contributed by atoms with Crippen LogP contribution in [0.1, 0.15) is 258 Å². The highest BCUT2D eigenvalue weighted by Crippen LogP contribution is 2.38. The molecule has 0 bridgehead atoms. The van der Waals surface area contributed by atoms with Crippen LogP contribution in [-0.4, -0.2) is 70.7 Å². The monoisotopic (exact) mass is 1020 g/mol. The lowest BCUT2D eigenvalue weighted by atomic mass is 10.0. The van der Waals surface area contributed by atoms with Crippen LogP contribution < -0.4 is 4.89 Å². The third kappa shape index (κ3) is 58.7. The molecule has 0 aliphatic carbocycles. The molecule has 414 valence electrons. The standard InChI is InChI=1S/C62H114NO7P/c1-6-8-10-12-14-16-18-20-22-24-26-28-30-31-32-34-36-38-40-42-44-46-48-50-52-54-57-67-59-61(60-69-71(65,66)68-58-56-63(3,4)5)70-62(64)55-53-51-49-47-45-43-41-39-37-35-33-29-27-25-23-21-19-17-15-13-11-9-7-2/h8,10,14,16,19-22,25-28,61H,6-7,9,11-13,15,17-18,23-24,29-60H2,1-5H3/b10-8-,16-14-,21-19-,22-20-,27-25-,28-26-. The first kappa shape index (κ1) is 68.9. The minimum absolute atomic E-state index is 0.0236. The minimum Gasteiger partial charge on any atom is -0.756 e. The topological polar surface area (TPSA) is 94.1 Å². The maximum Gasteiger partial charge on any atom is 0.306 e. The van der Waals surface area contributed by atoms with Crippen LogP contribution in [0.25, 0.3) is 0 Å². The van der Waals surface area contributed by atoms with Crippen LogP contribution in [0.2, 0.25) is 0 Å². The molecule has 0 aromatic heterocycles. The second-order valence-electron chi connectivity index (χ2n) is 21.0. The summed E-state index contributed by atoms with van der Waals surface area (Å²) in [6, 6.07) is 0. The molecule has 71 heavy (non-hydrogen) atoms. The smallest absolute Gasteiger partial charge is 0.306 e. The van der Waals surface area contributed by atoms with Crippen molar-refractivity contribution in [3.63, 3.8) is 0 Å². The van der Waals surface area contributed by atoms with E-state index < -0.39 is 13.9 Å². The van der Waals surface area contributed by atoms with Crippen LogP contribution in [0.5, 0.6) is 0 Å². The summed E-state index contributed by atoms with van der Waals surface area (Å²) in [5.74, 6) is -0.335. The molecule has 0 aliphatic rings. The number of phosphoric acid groups is 1. The number of ether oxygens (including phenoxy) is 2. The number of hydrogen-bond acceptors (Lipinski definition) is 7. The number of phosphoric ester groups is 1. The summed E-state index contributed by atoms with van der Waals surface area (Å²) in [5.41, 5.74) is 0. The number of carbonyl (C=O) groups excluding carboxylic acids is 1. The number of unbranched alkanes of at least 4 members (excludes halogenated alkanes) is 29. The molecule has 0 spiro atoms. The molecular weight excluding hydrogens is 902 g/mol. The van der Waals surface area contributed by atoms with Crippen molar-refractivity contribution >= 4 is 13.8 Å². The lowest BCUT2D eigenvalue weighted by Crippen LogP contribution is -2.37. The van der Waals surface area contributed by atoms with Crippen molar-refractivity contribution in [3.05, 3.63) is 72.9 Å². The Bertz CT molecular complexity index is 1370. The number of esters is 1. The van der Waals surface area contributed by atoms with Crippen molar-refractivity contribution in [2.75, 3.05) is 54.1 Å². The third-order valence-corrected chi connectivity index (χ3v) is 13.7. The fourth-order valence-electron chi connectivity index (χ4n) is 8.22. The van der Waals surface area contributed by atoms with Crippen LogP contribution in [-0.2, 0) is 27.9 Å². The van der Waals surface area contributed by atoms with Gasteiger partial charge in [-0.3, -0.25) is 9.36 Å². The zero-order chi connectivity index (χ0) is 51.9. The first-order valence-electron chi connectivity index (χ1n) is 29.7. The molecule has 9 heteroatoms.